The lowest BCUT2D eigenvalue weighted by Crippen LogP contribution is -2.44. The summed E-state index contributed by atoms with van der Waals surface area (Å²) in [5.41, 5.74) is 8.13. The zero-order valence-corrected chi connectivity index (χ0v) is 21.6. The van der Waals surface area contributed by atoms with Crippen LogP contribution in [0.25, 0.3) is 21.9 Å². The van der Waals surface area contributed by atoms with Gasteiger partial charge in [-0.05, 0) is 81.7 Å². The number of hydrogen-bond donors (Lipinski definition) is 1. The molecule has 1 saturated heterocycles. The molecule has 1 aromatic carbocycles. The number of aromatic nitrogens is 4. The quantitative estimate of drug-likeness (QED) is 0.368. The maximum absolute atomic E-state index is 14.9. The third-order valence-electron chi connectivity index (χ3n) is 7.92. The molecule has 7 nitrogen and oxygen atoms in total. The lowest BCUT2D eigenvalue weighted by atomic mass is 9.79. The van der Waals surface area contributed by atoms with Crippen molar-refractivity contribution in [3.8, 4) is 0 Å². The van der Waals surface area contributed by atoms with Crippen molar-refractivity contribution in [1.82, 2.24) is 19.5 Å². The van der Waals surface area contributed by atoms with Crippen LogP contribution in [-0.4, -0.2) is 31.4 Å². The zero-order chi connectivity index (χ0) is 25.5. The largest absolute Gasteiger partial charge is 0.382 e. The fourth-order valence-corrected chi connectivity index (χ4v) is 6.28. The lowest BCUT2D eigenvalue weighted by molar-refractivity contribution is -0.189. The van der Waals surface area contributed by atoms with Gasteiger partial charge in [0, 0.05) is 17.0 Å². The van der Waals surface area contributed by atoms with E-state index in [9.17, 15) is 4.39 Å². The Hall–Kier alpha value is -2.81. The molecule has 1 aliphatic carbocycles. The average Bonchev–Trinajstić information content (AvgIpc) is 3.45. The Morgan fingerprint density at radius 2 is 1.97 bits per heavy atom. The number of ether oxygens (including phenoxy) is 2. The lowest BCUT2D eigenvalue weighted by Gasteiger charge is -2.35. The molecular formula is C27H29ClFN5O2. The summed E-state index contributed by atoms with van der Waals surface area (Å²) in [4.78, 5) is 13.2. The van der Waals surface area contributed by atoms with Gasteiger partial charge in [0.2, 0.25) is 0 Å². The van der Waals surface area contributed by atoms with E-state index in [0.29, 0.717) is 17.3 Å². The molecule has 0 radical (unpaired) electrons. The van der Waals surface area contributed by atoms with Crippen LogP contribution in [0.5, 0.6) is 0 Å². The summed E-state index contributed by atoms with van der Waals surface area (Å²) in [5.74, 6) is -0.899. The first-order chi connectivity index (χ1) is 17.0. The first-order valence-corrected chi connectivity index (χ1v) is 12.6. The van der Waals surface area contributed by atoms with Gasteiger partial charge in [-0.25, -0.2) is 19.3 Å². The maximum atomic E-state index is 14.9. The van der Waals surface area contributed by atoms with Crippen molar-refractivity contribution in [3.05, 3.63) is 58.9 Å². The summed E-state index contributed by atoms with van der Waals surface area (Å²) in [6.07, 6.45) is 6.57. The van der Waals surface area contributed by atoms with Gasteiger partial charge in [0.05, 0.1) is 16.2 Å². The highest BCUT2D eigenvalue weighted by Crippen LogP contribution is 2.59. The SMILES string of the molecule is Cc1ncnc2c1ccn2[C@@]12CC[C@](C)(CCc3cc(F)c4cc(Cl)c(N)nc4c3)[C@H]1OC(C)(C)O2. The maximum Gasteiger partial charge on any atom is 0.176 e. The van der Waals surface area contributed by atoms with Crippen molar-refractivity contribution in [1.29, 1.82) is 0 Å². The van der Waals surface area contributed by atoms with Gasteiger partial charge < -0.3 is 19.8 Å². The van der Waals surface area contributed by atoms with Crippen molar-refractivity contribution < 1.29 is 13.9 Å². The van der Waals surface area contributed by atoms with Crippen LogP contribution >= 0.6 is 11.6 Å². The van der Waals surface area contributed by atoms with Gasteiger partial charge in [-0.1, -0.05) is 18.5 Å². The van der Waals surface area contributed by atoms with E-state index in [0.717, 1.165) is 41.6 Å². The molecule has 1 aliphatic heterocycles. The van der Waals surface area contributed by atoms with Crippen molar-refractivity contribution in [3.63, 3.8) is 0 Å². The van der Waals surface area contributed by atoms with E-state index in [1.165, 1.54) is 6.07 Å². The number of aryl methyl sites for hydroxylation is 2. The Kier molecular flexibility index (Phi) is 5.14. The molecule has 2 N–H and O–H groups in total. The normalized spacial score (nSPS) is 27.2. The van der Waals surface area contributed by atoms with Crippen LogP contribution in [0.4, 0.5) is 10.2 Å². The number of anilines is 1. The molecule has 36 heavy (non-hydrogen) atoms. The van der Waals surface area contributed by atoms with Gasteiger partial charge in [0.25, 0.3) is 0 Å². The topological polar surface area (TPSA) is 88.1 Å². The van der Waals surface area contributed by atoms with Gasteiger partial charge in [-0.3, -0.25) is 0 Å². The summed E-state index contributed by atoms with van der Waals surface area (Å²) in [7, 11) is 0. The van der Waals surface area contributed by atoms with Crippen molar-refractivity contribution >= 4 is 39.4 Å². The number of nitrogens with two attached hydrogens (primary N) is 1. The zero-order valence-electron chi connectivity index (χ0n) is 20.8. The molecule has 188 valence electrons. The molecule has 9 heteroatoms. The third-order valence-corrected chi connectivity index (χ3v) is 8.22. The fourth-order valence-electron chi connectivity index (χ4n) is 6.13. The second-order valence-corrected chi connectivity index (χ2v) is 11.3. The average molecular weight is 510 g/mol. The summed E-state index contributed by atoms with van der Waals surface area (Å²) in [6.45, 7) is 8.14. The highest BCUT2D eigenvalue weighted by molar-refractivity contribution is 6.33. The molecule has 1 saturated carbocycles. The standard InChI is InChI=1S/C27H29ClFN5O2/c1-15-17-6-10-34(23(17)32-14-31-15)27-9-8-26(4,24(27)35-25(2,3)36-27)7-5-16-11-20(29)18-13-19(28)22(30)33-21(18)12-16/h6,10-14,24H,5,7-9H2,1-4H3,(H2,30,33)/t24-,26+,27-/m1/s1. The van der Waals surface area contributed by atoms with E-state index < -0.39 is 11.5 Å². The van der Waals surface area contributed by atoms with Crippen LogP contribution in [-0.2, 0) is 21.6 Å². The van der Waals surface area contributed by atoms with Crippen LogP contribution in [0.1, 0.15) is 51.3 Å². The number of rotatable bonds is 4. The first-order valence-electron chi connectivity index (χ1n) is 12.2. The van der Waals surface area contributed by atoms with Crippen molar-refractivity contribution in [2.24, 2.45) is 5.41 Å². The summed E-state index contributed by atoms with van der Waals surface area (Å²) < 4.78 is 30.3. The molecule has 0 unspecified atom stereocenters. The molecule has 2 aliphatic rings. The van der Waals surface area contributed by atoms with Crippen molar-refractivity contribution in [2.75, 3.05) is 5.73 Å². The Morgan fingerprint density at radius 1 is 1.17 bits per heavy atom. The van der Waals surface area contributed by atoms with Gasteiger partial charge in [-0.2, -0.15) is 0 Å². The second kappa shape index (κ2) is 7.84. The predicted octanol–water partition coefficient (Wildman–Crippen LogP) is 5.90. The smallest absolute Gasteiger partial charge is 0.176 e. The molecule has 0 bridgehead atoms. The molecular weight excluding hydrogens is 481 g/mol. The Labute approximate surface area is 213 Å². The van der Waals surface area contributed by atoms with Crippen molar-refractivity contribution in [2.45, 2.75) is 71.0 Å². The Morgan fingerprint density at radius 3 is 2.78 bits per heavy atom. The molecule has 3 atom stereocenters. The van der Waals surface area contributed by atoms with Crippen LogP contribution in [0, 0.1) is 18.2 Å². The Balaban J connectivity index is 1.34. The molecule has 3 aromatic heterocycles. The number of halogens is 2. The highest BCUT2D eigenvalue weighted by Gasteiger charge is 2.65. The molecule has 6 rings (SSSR count). The number of nitrogens with zero attached hydrogens (tertiary/aromatic N) is 4. The van der Waals surface area contributed by atoms with E-state index >= 15 is 0 Å². The van der Waals surface area contributed by atoms with Gasteiger partial charge in [0.15, 0.2) is 11.5 Å². The summed E-state index contributed by atoms with van der Waals surface area (Å²) in [6, 6.07) is 7.04. The number of pyridine rings is 1. The first kappa shape index (κ1) is 23.6. The molecule has 0 spiro atoms. The molecule has 0 amide bonds. The van der Waals surface area contributed by atoms with E-state index in [1.54, 1.807) is 12.4 Å². The van der Waals surface area contributed by atoms with E-state index in [4.69, 9.17) is 26.8 Å². The number of nitrogen functional groups attached to an aromatic ring is 1. The van der Waals surface area contributed by atoms with Crippen LogP contribution in [0.3, 0.4) is 0 Å². The molecule has 4 aromatic rings. The predicted molar refractivity (Wildman–Crippen MR) is 137 cm³/mol. The fraction of sp³-hybridized carbons (Fsp3) is 0.444. The summed E-state index contributed by atoms with van der Waals surface area (Å²) >= 11 is 6.05. The van der Waals surface area contributed by atoms with Crippen LogP contribution < -0.4 is 5.73 Å². The van der Waals surface area contributed by atoms with Crippen LogP contribution in [0.2, 0.25) is 5.02 Å². The minimum atomic E-state index is -0.749. The van der Waals surface area contributed by atoms with E-state index in [1.807, 2.05) is 39.1 Å². The number of benzene rings is 1. The summed E-state index contributed by atoms with van der Waals surface area (Å²) in [5, 5.41) is 1.63. The highest BCUT2D eigenvalue weighted by atomic mass is 35.5. The monoisotopic (exact) mass is 509 g/mol. The van der Waals surface area contributed by atoms with Gasteiger partial charge in [0.1, 0.15) is 29.7 Å². The molecule has 4 heterocycles. The van der Waals surface area contributed by atoms with E-state index in [-0.39, 0.29) is 28.2 Å². The number of fused-ring (bicyclic) bond motifs is 3. The van der Waals surface area contributed by atoms with Gasteiger partial charge >= 0.3 is 0 Å². The van der Waals surface area contributed by atoms with Gasteiger partial charge in [-0.15, -0.1) is 0 Å². The Bertz CT molecular complexity index is 1520. The number of hydrogen-bond acceptors (Lipinski definition) is 6. The minimum Gasteiger partial charge on any atom is -0.382 e. The van der Waals surface area contributed by atoms with E-state index in [2.05, 4.69) is 26.4 Å². The minimum absolute atomic E-state index is 0.199. The van der Waals surface area contributed by atoms with Crippen LogP contribution in [0.15, 0.2) is 36.8 Å². The molecule has 2 fully saturated rings. The second-order valence-electron chi connectivity index (χ2n) is 10.9. The third kappa shape index (κ3) is 3.49.